The third-order valence-corrected chi connectivity index (χ3v) is 2.96. The molecule has 2 nitrogen and oxygen atoms in total. The molecule has 1 aromatic carbocycles. The predicted octanol–water partition coefficient (Wildman–Crippen LogP) is 2.62. The van der Waals surface area contributed by atoms with Crippen LogP contribution in [0.25, 0.3) is 0 Å². The Morgan fingerprint density at radius 1 is 1.47 bits per heavy atom. The fourth-order valence-electron chi connectivity index (χ4n) is 1.72. The van der Waals surface area contributed by atoms with Crippen LogP contribution in [0.2, 0.25) is 0 Å². The predicted molar refractivity (Wildman–Crippen MR) is 62.0 cm³/mol. The molecule has 1 aliphatic rings. The third kappa shape index (κ3) is 2.20. The maximum absolute atomic E-state index is 11.8. The maximum Gasteiger partial charge on any atom is 0.229 e. The van der Waals surface area contributed by atoms with Crippen molar-refractivity contribution in [1.82, 2.24) is 0 Å². The van der Waals surface area contributed by atoms with Crippen LogP contribution in [0.4, 0.5) is 5.69 Å². The minimum Gasteiger partial charge on any atom is -0.315 e. The molecule has 0 N–H and O–H groups in total. The van der Waals surface area contributed by atoms with Gasteiger partial charge in [-0.15, -0.1) is 0 Å². The molecule has 0 bridgehead atoms. The van der Waals surface area contributed by atoms with Gasteiger partial charge < -0.3 is 4.90 Å². The average molecular weight is 203 g/mol. The molecule has 2 heteroatoms. The van der Waals surface area contributed by atoms with Crippen molar-refractivity contribution in [2.45, 2.75) is 26.2 Å². The molecule has 0 aromatic heterocycles. The summed E-state index contributed by atoms with van der Waals surface area (Å²) in [5.74, 6) is 0.559. The summed E-state index contributed by atoms with van der Waals surface area (Å²) in [6.45, 7) is 2.13. The number of hydrogen-bond acceptors (Lipinski definition) is 1. The summed E-state index contributed by atoms with van der Waals surface area (Å²) < 4.78 is 0. The lowest BCUT2D eigenvalue weighted by molar-refractivity contribution is -0.119. The summed E-state index contributed by atoms with van der Waals surface area (Å²) in [4.78, 5) is 13.6. The number of aryl methyl sites for hydroxylation is 1. The second-order valence-corrected chi connectivity index (χ2v) is 4.19. The van der Waals surface area contributed by atoms with Crippen molar-refractivity contribution in [2.24, 2.45) is 5.92 Å². The first-order valence-electron chi connectivity index (χ1n) is 5.59. The summed E-state index contributed by atoms with van der Waals surface area (Å²) >= 11 is 0. The quantitative estimate of drug-likeness (QED) is 0.739. The van der Waals surface area contributed by atoms with Gasteiger partial charge in [-0.3, -0.25) is 4.79 Å². The number of carbonyl (C=O) groups excluding carboxylic acids is 1. The number of anilines is 1. The van der Waals surface area contributed by atoms with Gasteiger partial charge >= 0.3 is 0 Å². The van der Waals surface area contributed by atoms with Crippen LogP contribution in [0.5, 0.6) is 0 Å². The van der Waals surface area contributed by atoms with E-state index < -0.39 is 0 Å². The molecule has 1 fully saturated rings. The molecule has 1 aromatic rings. The van der Waals surface area contributed by atoms with Crippen molar-refractivity contribution in [1.29, 1.82) is 0 Å². The van der Waals surface area contributed by atoms with E-state index in [0.29, 0.717) is 5.92 Å². The van der Waals surface area contributed by atoms with E-state index in [1.807, 2.05) is 19.2 Å². The topological polar surface area (TPSA) is 20.3 Å². The Morgan fingerprint density at radius 2 is 2.20 bits per heavy atom. The number of benzene rings is 1. The van der Waals surface area contributed by atoms with E-state index in [-0.39, 0.29) is 5.91 Å². The molecule has 1 saturated carbocycles. The van der Waals surface area contributed by atoms with Crippen molar-refractivity contribution >= 4 is 11.6 Å². The Balaban J connectivity index is 2.16. The van der Waals surface area contributed by atoms with Crippen LogP contribution >= 0.6 is 0 Å². The minimum atomic E-state index is 0.267. The molecule has 0 saturated heterocycles. The van der Waals surface area contributed by atoms with Gasteiger partial charge in [-0.1, -0.05) is 19.1 Å². The van der Waals surface area contributed by atoms with Crippen LogP contribution < -0.4 is 4.90 Å². The van der Waals surface area contributed by atoms with Crippen molar-refractivity contribution in [2.75, 3.05) is 11.9 Å². The maximum atomic E-state index is 11.8. The lowest BCUT2D eigenvalue weighted by Gasteiger charge is -2.17. The summed E-state index contributed by atoms with van der Waals surface area (Å²) in [5, 5.41) is 0. The highest BCUT2D eigenvalue weighted by molar-refractivity contribution is 5.95. The zero-order valence-electron chi connectivity index (χ0n) is 9.36. The zero-order chi connectivity index (χ0) is 10.8. The van der Waals surface area contributed by atoms with E-state index in [1.54, 1.807) is 4.90 Å². The molecule has 0 aliphatic heterocycles. The zero-order valence-corrected chi connectivity index (χ0v) is 9.36. The summed E-state index contributed by atoms with van der Waals surface area (Å²) in [6.07, 6.45) is 3.15. The molecular weight excluding hydrogens is 186 g/mol. The standard InChI is InChI=1S/C13H17NO/c1-3-10-5-4-6-12(9-10)14(2)13(15)11-7-8-11/h4-6,9,11H,3,7-8H2,1-2H3. The van der Waals surface area contributed by atoms with Gasteiger partial charge in [-0.2, -0.15) is 0 Å². The van der Waals surface area contributed by atoms with Crippen LogP contribution in [-0.4, -0.2) is 13.0 Å². The van der Waals surface area contributed by atoms with Gasteiger partial charge in [0.1, 0.15) is 0 Å². The Labute approximate surface area is 90.9 Å². The fourth-order valence-corrected chi connectivity index (χ4v) is 1.72. The highest BCUT2D eigenvalue weighted by Crippen LogP contribution is 2.32. The second kappa shape index (κ2) is 4.05. The van der Waals surface area contributed by atoms with Gasteiger partial charge in [0.2, 0.25) is 5.91 Å². The van der Waals surface area contributed by atoms with Crippen molar-refractivity contribution in [3.05, 3.63) is 29.8 Å². The van der Waals surface area contributed by atoms with Crippen molar-refractivity contribution < 1.29 is 4.79 Å². The first-order valence-corrected chi connectivity index (χ1v) is 5.59. The highest BCUT2D eigenvalue weighted by Gasteiger charge is 2.32. The molecular formula is C13H17NO. The number of rotatable bonds is 3. The number of carbonyl (C=O) groups is 1. The Morgan fingerprint density at radius 3 is 2.80 bits per heavy atom. The highest BCUT2D eigenvalue weighted by atomic mass is 16.2. The molecule has 1 aliphatic carbocycles. The van der Waals surface area contributed by atoms with Crippen LogP contribution in [0.3, 0.4) is 0 Å². The van der Waals surface area contributed by atoms with Crippen LogP contribution in [0.1, 0.15) is 25.3 Å². The van der Waals surface area contributed by atoms with E-state index in [2.05, 4.69) is 19.1 Å². The van der Waals surface area contributed by atoms with E-state index in [9.17, 15) is 4.79 Å². The monoisotopic (exact) mass is 203 g/mol. The van der Waals surface area contributed by atoms with Gasteiger partial charge in [0, 0.05) is 18.7 Å². The van der Waals surface area contributed by atoms with Gasteiger partial charge in [0.15, 0.2) is 0 Å². The summed E-state index contributed by atoms with van der Waals surface area (Å²) in [7, 11) is 1.87. The van der Waals surface area contributed by atoms with Gasteiger partial charge in [-0.05, 0) is 37.0 Å². The number of nitrogens with zero attached hydrogens (tertiary/aromatic N) is 1. The molecule has 80 valence electrons. The molecule has 15 heavy (non-hydrogen) atoms. The van der Waals surface area contributed by atoms with Crippen LogP contribution in [-0.2, 0) is 11.2 Å². The number of hydrogen-bond donors (Lipinski definition) is 0. The fraction of sp³-hybridized carbons (Fsp3) is 0.462. The van der Waals surface area contributed by atoms with Gasteiger partial charge in [-0.25, -0.2) is 0 Å². The lowest BCUT2D eigenvalue weighted by atomic mass is 10.1. The van der Waals surface area contributed by atoms with Crippen LogP contribution in [0.15, 0.2) is 24.3 Å². The van der Waals surface area contributed by atoms with E-state index >= 15 is 0 Å². The van der Waals surface area contributed by atoms with Gasteiger partial charge in [0.05, 0.1) is 0 Å². The summed E-state index contributed by atoms with van der Waals surface area (Å²) in [6, 6.07) is 8.21. The van der Waals surface area contributed by atoms with Gasteiger partial charge in [0.25, 0.3) is 0 Å². The first-order chi connectivity index (χ1) is 7.22. The first kappa shape index (κ1) is 10.2. The molecule has 1 amide bonds. The lowest BCUT2D eigenvalue weighted by Crippen LogP contribution is -2.27. The molecule has 0 atom stereocenters. The molecule has 0 heterocycles. The van der Waals surface area contributed by atoms with E-state index in [0.717, 1.165) is 24.9 Å². The normalized spacial score (nSPS) is 15.1. The molecule has 0 spiro atoms. The number of amides is 1. The van der Waals surface area contributed by atoms with E-state index in [4.69, 9.17) is 0 Å². The van der Waals surface area contributed by atoms with Crippen molar-refractivity contribution in [3.63, 3.8) is 0 Å². The molecule has 2 rings (SSSR count). The van der Waals surface area contributed by atoms with Crippen molar-refractivity contribution in [3.8, 4) is 0 Å². The Bertz CT molecular complexity index is 369. The largest absolute Gasteiger partial charge is 0.315 e. The summed E-state index contributed by atoms with van der Waals surface area (Å²) in [5.41, 5.74) is 2.30. The molecule has 0 radical (unpaired) electrons. The Kier molecular flexibility index (Phi) is 2.76. The second-order valence-electron chi connectivity index (χ2n) is 4.19. The smallest absolute Gasteiger partial charge is 0.229 e. The minimum absolute atomic E-state index is 0.267. The molecule has 0 unspecified atom stereocenters. The van der Waals surface area contributed by atoms with E-state index in [1.165, 1.54) is 5.56 Å². The SMILES string of the molecule is CCc1cccc(N(C)C(=O)C2CC2)c1. The Hall–Kier alpha value is -1.31. The average Bonchev–Trinajstić information content (AvgIpc) is 3.11. The third-order valence-electron chi connectivity index (χ3n) is 2.96. The van der Waals surface area contributed by atoms with Crippen LogP contribution in [0, 0.1) is 5.92 Å².